The number of pyridine rings is 1. The Morgan fingerprint density at radius 2 is 1.65 bits per heavy atom. The monoisotopic (exact) mass is 431 g/mol. The average molecular weight is 432 g/mol. The van der Waals surface area contributed by atoms with Crippen LogP contribution in [0, 0.1) is 0 Å². The molecular weight excluding hydrogens is 409 g/mol. The zero-order valence-electron chi connectivity index (χ0n) is 17.1. The summed E-state index contributed by atoms with van der Waals surface area (Å²) in [5.74, 6) is 0. The van der Waals surface area contributed by atoms with Crippen LogP contribution in [0.4, 0.5) is 5.69 Å². The standard InChI is InChI=1S/C24H23BClN3O2/c26-24-23(20-11-5-2-6-12-21(20)28-24)25(22-13-7-8-14-27-22)31-18-16-29(15-17-30)19-9-3-1-4-10-19/h1-14,30H,15-18H2. The molecule has 0 atom stereocenters. The van der Waals surface area contributed by atoms with Crippen LogP contribution >= 0.6 is 11.6 Å². The number of nitrogens with zero attached hydrogens (tertiary/aromatic N) is 3. The summed E-state index contributed by atoms with van der Waals surface area (Å²) in [6.45, 7) is 1.19. The van der Waals surface area contributed by atoms with Gasteiger partial charge in [0.2, 0.25) is 0 Å². The molecule has 0 saturated carbocycles. The predicted octanol–water partition coefficient (Wildman–Crippen LogP) is 2.86. The van der Waals surface area contributed by atoms with Crippen LogP contribution in [-0.4, -0.2) is 48.3 Å². The zero-order valence-corrected chi connectivity index (χ0v) is 17.8. The molecule has 31 heavy (non-hydrogen) atoms. The van der Waals surface area contributed by atoms with E-state index in [1.807, 2.05) is 78.9 Å². The van der Waals surface area contributed by atoms with Crippen LogP contribution in [0.25, 0.3) is 11.3 Å². The average Bonchev–Trinajstić information content (AvgIpc) is 2.96. The normalized spacial score (nSPS) is 10.9. The number of hydrogen-bond acceptors (Lipinski definition) is 5. The molecule has 2 aromatic rings. The molecule has 0 spiro atoms. The van der Waals surface area contributed by atoms with Crippen molar-refractivity contribution in [1.29, 1.82) is 0 Å². The van der Waals surface area contributed by atoms with Crippen LogP contribution < -0.4 is 16.0 Å². The minimum absolute atomic E-state index is 0.0678. The Morgan fingerprint density at radius 1 is 0.903 bits per heavy atom. The van der Waals surface area contributed by atoms with Crippen molar-refractivity contribution in [2.75, 3.05) is 31.2 Å². The van der Waals surface area contributed by atoms with E-state index in [4.69, 9.17) is 16.3 Å². The third-order valence-corrected chi connectivity index (χ3v) is 5.39. The van der Waals surface area contributed by atoms with Crippen molar-refractivity contribution in [2.45, 2.75) is 0 Å². The first-order valence-corrected chi connectivity index (χ1v) is 10.6. The molecule has 1 aromatic carbocycles. The summed E-state index contributed by atoms with van der Waals surface area (Å²) in [7, 11) is 0. The third-order valence-electron chi connectivity index (χ3n) is 5.10. The fourth-order valence-corrected chi connectivity index (χ4v) is 3.94. The maximum absolute atomic E-state index is 9.49. The summed E-state index contributed by atoms with van der Waals surface area (Å²) in [5, 5.41) is 9.92. The Labute approximate surface area is 187 Å². The lowest BCUT2D eigenvalue weighted by atomic mass is 9.57. The molecule has 0 saturated heterocycles. The Hall–Kier alpha value is -2.93. The molecule has 0 amide bonds. The second kappa shape index (κ2) is 10.4. The van der Waals surface area contributed by atoms with Crippen LogP contribution in [0.5, 0.6) is 0 Å². The van der Waals surface area contributed by atoms with Crippen LogP contribution in [0.15, 0.2) is 85.1 Å². The number of benzene rings is 1. The summed E-state index contributed by atoms with van der Waals surface area (Å²) in [5.41, 5.74) is 4.40. The van der Waals surface area contributed by atoms with Gasteiger partial charge in [-0.05, 0) is 30.3 Å². The van der Waals surface area contributed by atoms with Gasteiger partial charge in [-0.1, -0.05) is 60.1 Å². The summed E-state index contributed by atoms with van der Waals surface area (Å²) < 4.78 is 6.38. The molecule has 4 rings (SSSR count). The molecule has 156 valence electrons. The summed E-state index contributed by atoms with van der Waals surface area (Å²) in [4.78, 5) is 11.2. The van der Waals surface area contributed by atoms with Gasteiger partial charge in [-0.3, -0.25) is 4.98 Å². The fraction of sp³-hybridized carbons (Fsp3) is 0.167. The van der Waals surface area contributed by atoms with Gasteiger partial charge in [-0.2, -0.15) is 0 Å². The Balaban J connectivity index is 1.60. The molecule has 1 aromatic heterocycles. The van der Waals surface area contributed by atoms with Gasteiger partial charge < -0.3 is 14.7 Å². The van der Waals surface area contributed by atoms with Crippen molar-refractivity contribution in [1.82, 2.24) is 9.97 Å². The first-order valence-electron chi connectivity index (χ1n) is 10.3. The zero-order chi connectivity index (χ0) is 21.5. The SMILES string of the molecule is OCCN(CCOB(c1ccccn1)c1c2cccccc-2nc1Cl)c1ccccc1. The van der Waals surface area contributed by atoms with Gasteiger partial charge in [0.15, 0.2) is 0 Å². The maximum atomic E-state index is 9.49. The van der Waals surface area contributed by atoms with Crippen molar-refractivity contribution < 1.29 is 9.76 Å². The van der Waals surface area contributed by atoms with Crippen molar-refractivity contribution in [3.63, 3.8) is 0 Å². The van der Waals surface area contributed by atoms with Gasteiger partial charge in [0.25, 0.3) is 0 Å². The van der Waals surface area contributed by atoms with Crippen LogP contribution in [-0.2, 0) is 4.65 Å². The van der Waals surface area contributed by atoms with Gasteiger partial charge >= 0.3 is 6.92 Å². The van der Waals surface area contributed by atoms with Gasteiger partial charge in [0.05, 0.1) is 12.3 Å². The second-order valence-electron chi connectivity index (χ2n) is 7.08. The van der Waals surface area contributed by atoms with E-state index in [1.54, 1.807) is 6.20 Å². The summed E-state index contributed by atoms with van der Waals surface area (Å²) in [6.07, 6.45) is 1.75. The number of rotatable bonds is 9. The van der Waals surface area contributed by atoms with E-state index >= 15 is 0 Å². The maximum Gasteiger partial charge on any atom is 0.384 e. The minimum Gasteiger partial charge on any atom is -0.424 e. The van der Waals surface area contributed by atoms with E-state index < -0.39 is 6.92 Å². The largest absolute Gasteiger partial charge is 0.424 e. The molecule has 1 aliphatic carbocycles. The van der Waals surface area contributed by atoms with Gasteiger partial charge in [0, 0.05) is 48.2 Å². The highest BCUT2D eigenvalue weighted by atomic mass is 35.5. The molecule has 2 aliphatic rings. The number of aliphatic hydroxyl groups excluding tert-OH is 1. The van der Waals surface area contributed by atoms with E-state index in [2.05, 4.69) is 14.9 Å². The lowest BCUT2D eigenvalue weighted by Gasteiger charge is -2.25. The highest BCUT2D eigenvalue weighted by molar-refractivity contribution is 6.82. The van der Waals surface area contributed by atoms with E-state index in [9.17, 15) is 5.11 Å². The molecule has 5 nitrogen and oxygen atoms in total. The van der Waals surface area contributed by atoms with Crippen LogP contribution in [0.1, 0.15) is 0 Å². The van der Waals surface area contributed by atoms with Crippen LogP contribution in [0.3, 0.4) is 0 Å². The molecule has 0 unspecified atom stereocenters. The van der Waals surface area contributed by atoms with Crippen molar-refractivity contribution in [3.8, 4) is 11.3 Å². The predicted molar refractivity (Wildman–Crippen MR) is 127 cm³/mol. The fourth-order valence-electron chi connectivity index (χ4n) is 3.65. The first-order chi connectivity index (χ1) is 15.3. The lowest BCUT2D eigenvalue weighted by molar-refractivity contribution is 0.292. The van der Waals surface area contributed by atoms with Gasteiger partial charge in [-0.15, -0.1) is 0 Å². The highest BCUT2D eigenvalue weighted by Gasteiger charge is 2.31. The number of fused-ring (bicyclic) bond motifs is 1. The van der Waals surface area contributed by atoms with E-state index in [1.165, 1.54) is 0 Å². The summed E-state index contributed by atoms with van der Waals surface area (Å²) in [6, 6.07) is 25.6. The Bertz CT molecular complexity index is 1070. The van der Waals surface area contributed by atoms with Gasteiger partial charge in [-0.25, -0.2) is 4.98 Å². The molecule has 1 N–H and O–H groups in total. The number of halogens is 1. The Morgan fingerprint density at radius 3 is 2.39 bits per heavy atom. The van der Waals surface area contributed by atoms with Crippen LogP contribution in [0.2, 0.25) is 5.15 Å². The number of anilines is 1. The number of para-hydroxylation sites is 1. The first kappa shape index (κ1) is 21.3. The number of aromatic nitrogens is 2. The van der Waals surface area contributed by atoms with Crippen molar-refractivity contribution in [2.24, 2.45) is 0 Å². The quantitative estimate of drug-likeness (QED) is 0.413. The number of aliphatic hydroxyl groups is 1. The Kier molecular flexibility index (Phi) is 7.15. The van der Waals surface area contributed by atoms with E-state index in [-0.39, 0.29) is 6.61 Å². The minimum atomic E-state index is -0.451. The van der Waals surface area contributed by atoms with Crippen molar-refractivity contribution >= 4 is 35.3 Å². The molecule has 7 heteroatoms. The summed E-state index contributed by atoms with van der Waals surface area (Å²) >= 11 is 6.58. The lowest BCUT2D eigenvalue weighted by Crippen LogP contribution is -2.48. The molecule has 0 fully saturated rings. The molecule has 1 aliphatic heterocycles. The molecule has 0 radical (unpaired) electrons. The van der Waals surface area contributed by atoms with E-state index in [0.717, 1.165) is 28.0 Å². The molecule has 0 bridgehead atoms. The van der Waals surface area contributed by atoms with Crippen molar-refractivity contribution in [3.05, 3.63) is 90.2 Å². The number of hydrogen-bond donors (Lipinski definition) is 1. The van der Waals surface area contributed by atoms with E-state index in [0.29, 0.717) is 24.8 Å². The third kappa shape index (κ3) is 5.05. The second-order valence-corrected chi connectivity index (χ2v) is 7.44. The molecule has 2 heterocycles. The molecular formula is C24H23BClN3O2. The smallest absolute Gasteiger partial charge is 0.384 e. The van der Waals surface area contributed by atoms with Gasteiger partial charge in [0.1, 0.15) is 5.15 Å². The highest BCUT2D eigenvalue weighted by Crippen LogP contribution is 2.23. The topological polar surface area (TPSA) is 58.5 Å².